The highest BCUT2D eigenvalue weighted by atomic mass is 127. The Balaban J connectivity index is 0.00000208. The Labute approximate surface area is 162 Å². The van der Waals surface area contributed by atoms with E-state index in [0.717, 1.165) is 19.0 Å². The van der Waals surface area contributed by atoms with E-state index in [4.69, 9.17) is 4.74 Å². The molecule has 3 aliphatic heterocycles. The molecule has 0 amide bonds. The predicted molar refractivity (Wildman–Crippen MR) is 105 cm³/mol. The number of likely N-dealkylation sites (tertiary alicyclic amines) is 1. The molecule has 3 heterocycles. The van der Waals surface area contributed by atoms with Crippen LogP contribution in [0.25, 0.3) is 0 Å². The van der Waals surface area contributed by atoms with Gasteiger partial charge in [0.2, 0.25) is 10.0 Å². The lowest BCUT2D eigenvalue weighted by Gasteiger charge is -2.23. The lowest BCUT2D eigenvalue weighted by atomic mass is 9.82. The number of nitrogens with one attached hydrogen (secondary N) is 2. The SMILES string of the molecule is CN=C(NCCS(=O)(=O)NC(C)C)N1CC2C3CCC(O3)C2C1.I. The average molecular weight is 472 g/mol. The number of fused-ring (bicyclic) bond motifs is 5. The maximum Gasteiger partial charge on any atom is 0.213 e. The lowest BCUT2D eigenvalue weighted by molar-refractivity contribution is 0.0767. The van der Waals surface area contributed by atoms with Crippen LogP contribution in [0.3, 0.4) is 0 Å². The average Bonchev–Trinajstić information content (AvgIpc) is 3.13. The largest absolute Gasteiger partial charge is 0.374 e. The molecular weight excluding hydrogens is 443 g/mol. The summed E-state index contributed by atoms with van der Waals surface area (Å²) in [6.07, 6.45) is 3.21. The Hall–Kier alpha value is -0.130. The van der Waals surface area contributed by atoms with Crippen molar-refractivity contribution < 1.29 is 13.2 Å². The van der Waals surface area contributed by atoms with Gasteiger partial charge in [0.25, 0.3) is 0 Å². The van der Waals surface area contributed by atoms with Crippen molar-refractivity contribution in [1.29, 1.82) is 0 Å². The van der Waals surface area contributed by atoms with Crippen LogP contribution >= 0.6 is 24.0 Å². The van der Waals surface area contributed by atoms with E-state index >= 15 is 0 Å². The zero-order valence-corrected chi connectivity index (χ0v) is 17.7. The summed E-state index contributed by atoms with van der Waals surface area (Å²) in [4.78, 5) is 6.58. The Kier molecular flexibility index (Phi) is 6.77. The van der Waals surface area contributed by atoms with Crippen LogP contribution in [0.4, 0.5) is 0 Å². The molecule has 3 saturated heterocycles. The Bertz CT molecular complexity index is 551. The first-order valence-corrected chi connectivity index (χ1v) is 10.2. The number of aliphatic imine (C=N–C) groups is 1. The van der Waals surface area contributed by atoms with Crippen molar-refractivity contribution in [3.05, 3.63) is 0 Å². The molecule has 24 heavy (non-hydrogen) atoms. The molecule has 3 fully saturated rings. The van der Waals surface area contributed by atoms with Gasteiger partial charge in [0.15, 0.2) is 5.96 Å². The second-order valence-corrected chi connectivity index (χ2v) is 8.96. The predicted octanol–water partition coefficient (Wildman–Crippen LogP) is 0.617. The number of rotatable bonds is 5. The van der Waals surface area contributed by atoms with Crippen LogP contribution in [0.15, 0.2) is 4.99 Å². The molecule has 9 heteroatoms. The summed E-state index contributed by atoms with van der Waals surface area (Å²) in [5.41, 5.74) is 0. The molecular formula is C15H29IN4O3S. The third-order valence-corrected chi connectivity index (χ3v) is 6.61. The Morgan fingerprint density at radius 1 is 1.25 bits per heavy atom. The van der Waals surface area contributed by atoms with Gasteiger partial charge in [-0.25, -0.2) is 13.1 Å². The van der Waals surface area contributed by atoms with Gasteiger partial charge >= 0.3 is 0 Å². The number of nitrogens with zero attached hydrogens (tertiary/aromatic N) is 2. The molecule has 0 aromatic rings. The molecule has 4 atom stereocenters. The Morgan fingerprint density at radius 3 is 2.33 bits per heavy atom. The van der Waals surface area contributed by atoms with Crippen molar-refractivity contribution >= 4 is 40.0 Å². The third-order valence-electron chi connectivity index (χ3n) is 5.03. The van der Waals surface area contributed by atoms with E-state index in [-0.39, 0.29) is 35.8 Å². The monoisotopic (exact) mass is 472 g/mol. The maximum absolute atomic E-state index is 11.9. The summed E-state index contributed by atoms with van der Waals surface area (Å²) in [5, 5.41) is 3.20. The molecule has 3 rings (SSSR count). The summed E-state index contributed by atoms with van der Waals surface area (Å²) in [5.74, 6) is 2.08. The summed E-state index contributed by atoms with van der Waals surface area (Å²) < 4.78 is 32.3. The van der Waals surface area contributed by atoms with Crippen LogP contribution in [0, 0.1) is 11.8 Å². The van der Waals surface area contributed by atoms with Crippen molar-refractivity contribution in [2.45, 2.75) is 44.9 Å². The zero-order chi connectivity index (χ0) is 16.6. The molecule has 7 nitrogen and oxygen atoms in total. The van der Waals surface area contributed by atoms with Crippen LogP contribution in [-0.2, 0) is 14.8 Å². The Morgan fingerprint density at radius 2 is 1.83 bits per heavy atom. The van der Waals surface area contributed by atoms with Gasteiger partial charge in [-0.05, 0) is 26.7 Å². The van der Waals surface area contributed by atoms with Crippen molar-refractivity contribution in [3.63, 3.8) is 0 Å². The number of ether oxygens (including phenoxy) is 1. The van der Waals surface area contributed by atoms with Crippen molar-refractivity contribution in [1.82, 2.24) is 14.9 Å². The minimum atomic E-state index is -3.24. The van der Waals surface area contributed by atoms with E-state index < -0.39 is 10.0 Å². The molecule has 0 aromatic heterocycles. The van der Waals surface area contributed by atoms with Gasteiger partial charge in [0.1, 0.15) is 0 Å². The highest BCUT2D eigenvalue weighted by Gasteiger charge is 2.53. The highest BCUT2D eigenvalue weighted by Crippen LogP contribution is 2.47. The van der Waals surface area contributed by atoms with Crippen molar-refractivity contribution in [2.75, 3.05) is 32.4 Å². The van der Waals surface area contributed by atoms with Gasteiger partial charge in [-0.15, -0.1) is 24.0 Å². The quantitative estimate of drug-likeness (QED) is 0.348. The van der Waals surface area contributed by atoms with Gasteiger partial charge in [0, 0.05) is 44.6 Å². The van der Waals surface area contributed by atoms with Crippen molar-refractivity contribution in [3.8, 4) is 0 Å². The van der Waals surface area contributed by atoms with E-state index in [1.54, 1.807) is 7.05 Å². The fraction of sp³-hybridized carbons (Fsp3) is 0.933. The molecule has 0 spiro atoms. The molecule has 2 N–H and O–H groups in total. The van der Waals surface area contributed by atoms with Crippen LogP contribution in [-0.4, -0.2) is 70.0 Å². The topological polar surface area (TPSA) is 83.0 Å². The lowest BCUT2D eigenvalue weighted by Crippen LogP contribution is -2.44. The first-order valence-electron chi connectivity index (χ1n) is 8.50. The van der Waals surface area contributed by atoms with E-state index in [0.29, 0.717) is 30.6 Å². The van der Waals surface area contributed by atoms with E-state index in [9.17, 15) is 8.42 Å². The third kappa shape index (κ3) is 4.34. The van der Waals surface area contributed by atoms with Gasteiger partial charge < -0.3 is 15.0 Å². The number of halogens is 1. The summed E-state index contributed by atoms with van der Waals surface area (Å²) >= 11 is 0. The second kappa shape index (κ2) is 8.05. The molecule has 140 valence electrons. The number of guanidine groups is 1. The van der Waals surface area contributed by atoms with Crippen LogP contribution in [0.1, 0.15) is 26.7 Å². The molecule has 2 bridgehead atoms. The minimum Gasteiger partial charge on any atom is -0.374 e. The fourth-order valence-corrected chi connectivity index (χ4v) is 5.39. The molecule has 0 aliphatic carbocycles. The first kappa shape index (κ1) is 20.2. The highest BCUT2D eigenvalue weighted by molar-refractivity contribution is 14.0. The fourth-order valence-electron chi connectivity index (χ4n) is 4.18. The van der Waals surface area contributed by atoms with Gasteiger partial charge in [-0.3, -0.25) is 4.99 Å². The molecule has 4 unspecified atom stereocenters. The molecule has 0 saturated carbocycles. The van der Waals surface area contributed by atoms with Gasteiger partial charge in [-0.2, -0.15) is 0 Å². The van der Waals surface area contributed by atoms with E-state index in [1.807, 2.05) is 13.8 Å². The minimum absolute atomic E-state index is 0. The van der Waals surface area contributed by atoms with E-state index in [1.165, 1.54) is 12.8 Å². The zero-order valence-electron chi connectivity index (χ0n) is 14.6. The summed E-state index contributed by atoms with van der Waals surface area (Å²) in [7, 11) is -1.48. The smallest absolute Gasteiger partial charge is 0.213 e. The second-order valence-electron chi connectivity index (χ2n) is 7.09. The maximum atomic E-state index is 11.9. The normalized spacial score (nSPS) is 32.2. The van der Waals surface area contributed by atoms with Crippen LogP contribution in [0.5, 0.6) is 0 Å². The van der Waals surface area contributed by atoms with Gasteiger partial charge in [-0.1, -0.05) is 0 Å². The standard InChI is InChI=1S/C15H28N4O3S.HI/c1-10(2)18-23(20,21)7-6-17-15(16-3)19-8-11-12(9-19)14-5-4-13(11)22-14;/h10-14,18H,4-9H2,1-3H3,(H,16,17);1H. The van der Waals surface area contributed by atoms with E-state index in [2.05, 4.69) is 19.9 Å². The summed E-state index contributed by atoms with van der Waals surface area (Å²) in [6, 6.07) is -0.0762. The number of hydrogen-bond donors (Lipinski definition) is 2. The first-order chi connectivity index (χ1) is 10.9. The van der Waals surface area contributed by atoms with Crippen molar-refractivity contribution in [2.24, 2.45) is 16.8 Å². The van der Waals surface area contributed by atoms with Crippen LogP contribution < -0.4 is 10.0 Å². The molecule has 3 aliphatic rings. The molecule has 0 aromatic carbocycles. The number of hydrogen-bond acceptors (Lipinski definition) is 4. The summed E-state index contributed by atoms with van der Waals surface area (Å²) in [6.45, 7) is 5.93. The van der Waals surface area contributed by atoms with Gasteiger partial charge in [0.05, 0.1) is 18.0 Å². The molecule has 0 radical (unpaired) electrons. The van der Waals surface area contributed by atoms with Crippen LogP contribution in [0.2, 0.25) is 0 Å². The number of sulfonamides is 1.